The lowest BCUT2D eigenvalue weighted by Gasteiger charge is -2.36. The summed E-state index contributed by atoms with van der Waals surface area (Å²) in [7, 11) is 0. The largest absolute Gasteiger partial charge is 0.255 e. The van der Waals surface area contributed by atoms with Crippen LogP contribution in [0.2, 0.25) is 0 Å². The number of pyridine rings is 2. The zero-order chi connectivity index (χ0) is 23.6. The summed E-state index contributed by atoms with van der Waals surface area (Å²) in [5.74, 6) is 0.353. The second kappa shape index (κ2) is 7.47. The van der Waals surface area contributed by atoms with E-state index in [9.17, 15) is 0 Å². The molecule has 8 rings (SSSR count). The van der Waals surface area contributed by atoms with Crippen molar-refractivity contribution in [2.45, 2.75) is 6.42 Å². The highest BCUT2D eigenvalue weighted by Gasteiger charge is 2.33. The molecule has 0 saturated heterocycles. The van der Waals surface area contributed by atoms with Gasteiger partial charge in [-0.25, -0.2) is 4.98 Å². The van der Waals surface area contributed by atoms with Crippen LogP contribution in [0.15, 0.2) is 143 Å². The Morgan fingerprint density at radius 3 is 2.56 bits per heavy atom. The molecule has 2 aromatic heterocycles. The molecule has 0 aliphatic heterocycles. The molecular formula is C34H22N2. The molecule has 0 fully saturated rings. The summed E-state index contributed by atoms with van der Waals surface area (Å²) in [5, 5.41) is 3.51. The highest BCUT2D eigenvalue weighted by atomic mass is 14.8. The van der Waals surface area contributed by atoms with Crippen LogP contribution in [0.25, 0.3) is 38.6 Å². The number of benzene rings is 2. The van der Waals surface area contributed by atoms with Crippen molar-refractivity contribution in [3.05, 3.63) is 149 Å². The Kier molecular flexibility index (Phi) is 4.09. The maximum Gasteiger partial charge on any atom is 0.0972 e. The van der Waals surface area contributed by atoms with Crippen LogP contribution in [-0.2, 0) is 0 Å². The third kappa shape index (κ3) is 2.85. The lowest BCUT2D eigenvalue weighted by Crippen LogP contribution is -2.21. The fourth-order valence-electron chi connectivity index (χ4n) is 6.12. The zero-order valence-electron chi connectivity index (χ0n) is 19.6. The summed E-state index contributed by atoms with van der Waals surface area (Å²) < 4.78 is 0. The van der Waals surface area contributed by atoms with E-state index in [1.807, 2.05) is 12.3 Å². The summed E-state index contributed by atoms with van der Waals surface area (Å²) in [6.45, 7) is 0. The quantitative estimate of drug-likeness (QED) is 0.284. The predicted molar refractivity (Wildman–Crippen MR) is 148 cm³/mol. The fourth-order valence-corrected chi connectivity index (χ4v) is 6.12. The second-order valence-corrected chi connectivity index (χ2v) is 9.80. The van der Waals surface area contributed by atoms with Crippen LogP contribution in [0.5, 0.6) is 0 Å². The third-order valence-electron chi connectivity index (χ3n) is 7.77. The molecular weight excluding hydrogens is 436 g/mol. The summed E-state index contributed by atoms with van der Waals surface area (Å²) in [5.41, 5.74) is 12.2. The molecule has 0 radical (unpaired) electrons. The van der Waals surface area contributed by atoms with Crippen molar-refractivity contribution in [1.29, 1.82) is 0 Å². The topological polar surface area (TPSA) is 25.8 Å². The van der Waals surface area contributed by atoms with E-state index in [1.54, 1.807) is 0 Å². The van der Waals surface area contributed by atoms with Crippen LogP contribution in [-0.4, -0.2) is 9.97 Å². The molecule has 2 nitrogen and oxygen atoms in total. The van der Waals surface area contributed by atoms with Crippen LogP contribution in [0, 0.1) is 5.92 Å². The SMILES string of the molecule is C1=CC2=C3C(=CC=C4C=C(c5ccnc(-c6nc7ccccc7c7ccccc67)c5)C=C(C=C2)C43)C1. The van der Waals surface area contributed by atoms with E-state index < -0.39 is 0 Å². The fraction of sp³-hybridized carbons (Fsp3) is 0.0588. The number of hydrogen-bond acceptors (Lipinski definition) is 2. The van der Waals surface area contributed by atoms with E-state index in [4.69, 9.17) is 9.97 Å². The van der Waals surface area contributed by atoms with Crippen molar-refractivity contribution in [2.75, 3.05) is 0 Å². The van der Waals surface area contributed by atoms with Gasteiger partial charge in [-0.2, -0.15) is 0 Å². The standard InChI is InChI=1S/C34H22N2/c1-2-10-29-27(8-1)28-9-3-4-11-30(28)36-34(29)31-20-23(16-17-35-31)26-18-24-14-12-21-6-5-7-22-13-15-25(19-26)33(24)32(21)22/h1-6,8-20,33H,7H2. The first-order valence-electron chi connectivity index (χ1n) is 12.5. The van der Waals surface area contributed by atoms with Gasteiger partial charge in [-0.3, -0.25) is 4.98 Å². The molecule has 0 amide bonds. The van der Waals surface area contributed by atoms with E-state index in [0.717, 1.165) is 34.3 Å². The minimum Gasteiger partial charge on any atom is -0.255 e. The molecule has 0 saturated carbocycles. The minimum atomic E-state index is 0.353. The van der Waals surface area contributed by atoms with Gasteiger partial charge >= 0.3 is 0 Å². The van der Waals surface area contributed by atoms with Crippen LogP contribution in [0.3, 0.4) is 0 Å². The Morgan fingerprint density at radius 2 is 1.61 bits per heavy atom. The van der Waals surface area contributed by atoms with Crippen molar-refractivity contribution in [2.24, 2.45) is 5.92 Å². The number of rotatable bonds is 2. The molecule has 4 aliphatic rings. The van der Waals surface area contributed by atoms with Crippen LogP contribution < -0.4 is 0 Å². The Hall–Kier alpha value is -4.56. The molecule has 4 aromatic rings. The van der Waals surface area contributed by atoms with Gasteiger partial charge in [0.25, 0.3) is 0 Å². The van der Waals surface area contributed by atoms with Gasteiger partial charge in [-0.05, 0) is 69.0 Å². The first-order valence-corrected chi connectivity index (χ1v) is 12.5. The van der Waals surface area contributed by atoms with Crippen LogP contribution >= 0.6 is 0 Å². The van der Waals surface area contributed by atoms with Gasteiger partial charge in [0.05, 0.1) is 16.9 Å². The van der Waals surface area contributed by atoms with E-state index >= 15 is 0 Å². The Balaban J connectivity index is 1.28. The Bertz CT molecular complexity index is 1850. The van der Waals surface area contributed by atoms with Crippen molar-refractivity contribution in [3.8, 4) is 11.4 Å². The van der Waals surface area contributed by atoms with E-state index in [2.05, 4.69) is 103 Å². The summed E-state index contributed by atoms with van der Waals surface area (Å²) in [6, 6.07) is 21.2. The molecule has 0 spiro atoms. The number of allylic oxidation sites excluding steroid dienone is 14. The highest BCUT2D eigenvalue weighted by molar-refractivity contribution is 6.10. The van der Waals surface area contributed by atoms with Crippen LogP contribution in [0.1, 0.15) is 12.0 Å². The lowest BCUT2D eigenvalue weighted by atomic mass is 9.68. The van der Waals surface area contributed by atoms with Gasteiger partial charge in [-0.15, -0.1) is 0 Å². The van der Waals surface area contributed by atoms with E-state index in [1.165, 1.54) is 44.2 Å². The smallest absolute Gasteiger partial charge is 0.0972 e. The Labute approximate surface area is 209 Å². The first kappa shape index (κ1) is 19.7. The predicted octanol–water partition coefficient (Wildman–Crippen LogP) is 8.08. The first-order chi connectivity index (χ1) is 17.8. The van der Waals surface area contributed by atoms with Crippen molar-refractivity contribution in [3.63, 3.8) is 0 Å². The van der Waals surface area contributed by atoms with Gasteiger partial charge < -0.3 is 0 Å². The number of fused-ring (bicyclic) bond motifs is 3. The minimum absolute atomic E-state index is 0.353. The van der Waals surface area contributed by atoms with Gasteiger partial charge in [0.1, 0.15) is 0 Å². The van der Waals surface area contributed by atoms with Crippen molar-refractivity contribution >= 4 is 27.2 Å². The second-order valence-electron chi connectivity index (χ2n) is 9.80. The molecule has 1 unspecified atom stereocenters. The van der Waals surface area contributed by atoms with Gasteiger partial charge in [0, 0.05) is 22.9 Å². The number of hydrogen-bond donors (Lipinski definition) is 0. The third-order valence-corrected chi connectivity index (χ3v) is 7.77. The molecule has 2 aromatic carbocycles. The average molecular weight is 459 g/mol. The monoisotopic (exact) mass is 458 g/mol. The number of para-hydroxylation sites is 1. The summed E-state index contributed by atoms with van der Waals surface area (Å²) in [4.78, 5) is 9.85. The van der Waals surface area contributed by atoms with Crippen molar-refractivity contribution in [1.82, 2.24) is 9.97 Å². The van der Waals surface area contributed by atoms with E-state index in [-0.39, 0.29) is 0 Å². The molecule has 168 valence electrons. The zero-order valence-corrected chi connectivity index (χ0v) is 19.6. The van der Waals surface area contributed by atoms with E-state index in [0.29, 0.717) is 5.92 Å². The van der Waals surface area contributed by atoms with Gasteiger partial charge in [0.15, 0.2) is 0 Å². The van der Waals surface area contributed by atoms with Gasteiger partial charge in [0.2, 0.25) is 0 Å². The molecule has 1 atom stereocenters. The molecule has 4 aliphatic carbocycles. The Morgan fingerprint density at radius 1 is 0.750 bits per heavy atom. The molecule has 36 heavy (non-hydrogen) atoms. The normalized spacial score (nSPS) is 19.6. The maximum atomic E-state index is 5.07. The maximum absolute atomic E-state index is 5.07. The lowest BCUT2D eigenvalue weighted by molar-refractivity contribution is 0.833. The van der Waals surface area contributed by atoms with Crippen molar-refractivity contribution < 1.29 is 0 Å². The van der Waals surface area contributed by atoms with Crippen LogP contribution in [0.4, 0.5) is 0 Å². The average Bonchev–Trinajstić information content (AvgIpc) is 2.95. The number of aromatic nitrogens is 2. The molecule has 0 bridgehead atoms. The summed E-state index contributed by atoms with van der Waals surface area (Å²) in [6.07, 6.45) is 21.4. The molecule has 2 heterocycles. The molecule has 2 heteroatoms. The highest BCUT2D eigenvalue weighted by Crippen LogP contribution is 2.48. The van der Waals surface area contributed by atoms with Gasteiger partial charge in [-0.1, -0.05) is 91.1 Å². The summed E-state index contributed by atoms with van der Waals surface area (Å²) >= 11 is 0. The number of nitrogens with zero attached hydrogens (tertiary/aromatic N) is 2. The molecule has 0 N–H and O–H groups in total.